The number of piperidine rings is 1. The predicted octanol–water partition coefficient (Wildman–Crippen LogP) is 4.31. The number of anilines is 1. The van der Waals surface area contributed by atoms with Crippen LogP contribution in [0.25, 0.3) is 0 Å². The number of nitriles is 1. The minimum absolute atomic E-state index is 0.146. The normalized spacial score (nSPS) is 15.1. The highest BCUT2D eigenvalue weighted by Gasteiger charge is 2.22. The molecule has 1 fully saturated rings. The average Bonchev–Trinajstić information content (AvgIpc) is 2.66. The number of nitrogens with zero attached hydrogens (tertiary/aromatic N) is 2. The quantitative estimate of drug-likeness (QED) is 0.816. The molecule has 2 aromatic carbocycles. The van der Waals surface area contributed by atoms with Gasteiger partial charge in [0.25, 0.3) is 0 Å². The highest BCUT2D eigenvalue weighted by atomic mass is 35.5. The van der Waals surface area contributed by atoms with E-state index in [9.17, 15) is 4.79 Å². The van der Waals surface area contributed by atoms with Crippen LogP contribution in [0.1, 0.15) is 29.5 Å². The van der Waals surface area contributed by atoms with Crippen LogP contribution in [-0.4, -0.2) is 36.5 Å². The summed E-state index contributed by atoms with van der Waals surface area (Å²) in [6, 6.07) is 13.1. The Balaban J connectivity index is 1.49. The molecule has 1 heterocycles. The first-order valence-corrected chi connectivity index (χ1v) is 9.78. The van der Waals surface area contributed by atoms with Crippen molar-refractivity contribution in [3.8, 4) is 11.8 Å². The van der Waals surface area contributed by atoms with Crippen LogP contribution in [-0.2, 0) is 4.79 Å². The SMILES string of the molecule is Cc1ccc(OC2CCN(CC(=O)Nc3cc(Cl)ccc3C#N)CC2)cc1C. The van der Waals surface area contributed by atoms with Crippen molar-refractivity contribution in [3.63, 3.8) is 0 Å². The molecular formula is C22H24ClN3O2. The zero-order chi connectivity index (χ0) is 20.1. The van der Waals surface area contributed by atoms with Crippen LogP contribution in [0.3, 0.4) is 0 Å². The van der Waals surface area contributed by atoms with Crippen molar-refractivity contribution in [1.82, 2.24) is 4.90 Å². The molecule has 1 amide bonds. The Morgan fingerprint density at radius 1 is 1.21 bits per heavy atom. The lowest BCUT2D eigenvalue weighted by Gasteiger charge is -2.31. The number of aryl methyl sites for hydroxylation is 2. The molecule has 146 valence electrons. The minimum Gasteiger partial charge on any atom is -0.490 e. The van der Waals surface area contributed by atoms with Crippen LogP contribution in [0.5, 0.6) is 5.75 Å². The molecule has 2 aromatic rings. The summed E-state index contributed by atoms with van der Waals surface area (Å²) in [6.07, 6.45) is 1.92. The van der Waals surface area contributed by atoms with E-state index in [2.05, 4.69) is 42.3 Å². The molecule has 0 bridgehead atoms. The molecule has 0 saturated carbocycles. The lowest BCUT2D eigenvalue weighted by molar-refractivity contribution is -0.117. The maximum Gasteiger partial charge on any atom is 0.238 e. The summed E-state index contributed by atoms with van der Waals surface area (Å²) in [7, 11) is 0. The number of nitrogens with one attached hydrogen (secondary N) is 1. The second-order valence-corrected chi connectivity index (χ2v) is 7.63. The largest absolute Gasteiger partial charge is 0.490 e. The zero-order valence-corrected chi connectivity index (χ0v) is 16.9. The summed E-state index contributed by atoms with van der Waals surface area (Å²) in [5.74, 6) is 0.761. The van der Waals surface area contributed by atoms with Gasteiger partial charge in [0.15, 0.2) is 0 Å². The van der Waals surface area contributed by atoms with E-state index in [4.69, 9.17) is 21.6 Å². The molecule has 3 rings (SSSR count). The molecule has 1 N–H and O–H groups in total. The fourth-order valence-corrected chi connectivity index (χ4v) is 3.45. The Bertz CT molecular complexity index is 899. The van der Waals surface area contributed by atoms with Crippen LogP contribution in [0.2, 0.25) is 5.02 Å². The lowest BCUT2D eigenvalue weighted by atomic mass is 10.1. The lowest BCUT2D eigenvalue weighted by Crippen LogP contribution is -2.42. The first kappa shape index (κ1) is 20.2. The Labute approximate surface area is 170 Å². The van der Waals surface area contributed by atoms with Gasteiger partial charge in [-0.3, -0.25) is 9.69 Å². The fourth-order valence-electron chi connectivity index (χ4n) is 3.28. The summed E-state index contributed by atoms with van der Waals surface area (Å²) in [6.45, 7) is 6.05. The minimum atomic E-state index is -0.146. The third kappa shape index (κ3) is 5.25. The monoisotopic (exact) mass is 397 g/mol. The average molecular weight is 398 g/mol. The standard InChI is InChI=1S/C22H24ClN3O2/c1-15-3-6-20(11-16(15)2)28-19-7-9-26(10-8-19)14-22(27)25-21-12-18(23)5-4-17(21)13-24/h3-6,11-12,19H,7-10,14H2,1-2H3,(H,25,27). The zero-order valence-electron chi connectivity index (χ0n) is 16.2. The van der Waals surface area contributed by atoms with Crippen molar-refractivity contribution in [2.45, 2.75) is 32.8 Å². The summed E-state index contributed by atoms with van der Waals surface area (Å²) < 4.78 is 6.11. The number of hydrogen-bond acceptors (Lipinski definition) is 4. The van der Waals surface area contributed by atoms with Crippen molar-refractivity contribution in [2.24, 2.45) is 0 Å². The molecule has 5 nitrogen and oxygen atoms in total. The van der Waals surface area contributed by atoms with Gasteiger partial charge in [0.1, 0.15) is 17.9 Å². The molecule has 1 saturated heterocycles. The van der Waals surface area contributed by atoms with Crippen molar-refractivity contribution < 1.29 is 9.53 Å². The Hall–Kier alpha value is -2.55. The number of benzene rings is 2. The Morgan fingerprint density at radius 3 is 2.64 bits per heavy atom. The van der Waals surface area contributed by atoms with E-state index in [1.807, 2.05) is 6.07 Å². The van der Waals surface area contributed by atoms with Crippen LogP contribution in [0, 0.1) is 25.2 Å². The number of likely N-dealkylation sites (tertiary alicyclic amines) is 1. The molecule has 0 atom stereocenters. The first-order valence-electron chi connectivity index (χ1n) is 9.40. The summed E-state index contributed by atoms with van der Waals surface area (Å²) in [5, 5.41) is 12.4. The van der Waals surface area contributed by atoms with Crippen LogP contribution in [0.15, 0.2) is 36.4 Å². The van der Waals surface area contributed by atoms with Gasteiger partial charge >= 0.3 is 0 Å². The smallest absolute Gasteiger partial charge is 0.238 e. The van der Waals surface area contributed by atoms with E-state index in [0.717, 1.165) is 31.7 Å². The van der Waals surface area contributed by atoms with Crippen LogP contribution >= 0.6 is 11.6 Å². The topological polar surface area (TPSA) is 65.4 Å². The molecule has 0 aromatic heterocycles. The van der Waals surface area contributed by atoms with Gasteiger partial charge in [0, 0.05) is 18.1 Å². The van der Waals surface area contributed by atoms with E-state index >= 15 is 0 Å². The van der Waals surface area contributed by atoms with E-state index in [0.29, 0.717) is 16.3 Å². The van der Waals surface area contributed by atoms with Gasteiger partial charge < -0.3 is 10.1 Å². The third-order valence-corrected chi connectivity index (χ3v) is 5.29. The van der Waals surface area contributed by atoms with E-state index in [-0.39, 0.29) is 18.6 Å². The van der Waals surface area contributed by atoms with Gasteiger partial charge in [0.2, 0.25) is 5.91 Å². The van der Waals surface area contributed by atoms with Gasteiger partial charge in [-0.05, 0) is 68.1 Å². The van der Waals surface area contributed by atoms with Crippen LogP contribution in [0.4, 0.5) is 5.69 Å². The molecular weight excluding hydrogens is 374 g/mol. The number of amides is 1. The number of rotatable bonds is 5. The van der Waals surface area contributed by atoms with Gasteiger partial charge in [0.05, 0.1) is 17.8 Å². The van der Waals surface area contributed by atoms with E-state index in [1.54, 1.807) is 18.2 Å². The fraction of sp³-hybridized carbons (Fsp3) is 0.364. The van der Waals surface area contributed by atoms with Crippen molar-refractivity contribution in [1.29, 1.82) is 5.26 Å². The number of halogens is 1. The van der Waals surface area contributed by atoms with Crippen LogP contribution < -0.4 is 10.1 Å². The molecule has 1 aliphatic heterocycles. The van der Waals surface area contributed by atoms with Gasteiger partial charge in [-0.2, -0.15) is 5.26 Å². The Kier molecular flexibility index (Phi) is 6.56. The van der Waals surface area contributed by atoms with Crippen molar-refractivity contribution in [2.75, 3.05) is 25.0 Å². The first-order chi connectivity index (χ1) is 13.4. The highest BCUT2D eigenvalue weighted by molar-refractivity contribution is 6.31. The molecule has 0 spiro atoms. The summed E-state index contributed by atoms with van der Waals surface area (Å²) in [5.41, 5.74) is 3.34. The number of carbonyl (C=O) groups excluding carboxylic acids is 1. The number of carbonyl (C=O) groups is 1. The Morgan fingerprint density at radius 2 is 1.96 bits per heavy atom. The maximum atomic E-state index is 12.4. The molecule has 6 heteroatoms. The predicted molar refractivity (Wildman–Crippen MR) is 111 cm³/mol. The molecule has 1 aliphatic rings. The third-order valence-electron chi connectivity index (χ3n) is 5.06. The highest BCUT2D eigenvalue weighted by Crippen LogP contribution is 2.23. The van der Waals surface area contributed by atoms with Gasteiger partial charge in [-0.15, -0.1) is 0 Å². The summed E-state index contributed by atoms with van der Waals surface area (Å²) >= 11 is 5.96. The molecule has 0 aliphatic carbocycles. The number of ether oxygens (including phenoxy) is 1. The molecule has 0 radical (unpaired) electrons. The van der Waals surface area contributed by atoms with Crippen molar-refractivity contribution in [3.05, 3.63) is 58.1 Å². The molecule has 28 heavy (non-hydrogen) atoms. The van der Waals surface area contributed by atoms with Gasteiger partial charge in [-0.25, -0.2) is 0 Å². The second kappa shape index (κ2) is 9.09. The van der Waals surface area contributed by atoms with Crippen molar-refractivity contribution >= 4 is 23.2 Å². The summed E-state index contributed by atoms with van der Waals surface area (Å²) in [4.78, 5) is 14.5. The second-order valence-electron chi connectivity index (χ2n) is 7.19. The van der Waals surface area contributed by atoms with E-state index < -0.39 is 0 Å². The van der Waals surface area contributed by atoms with Gasteiger partial charge in [-0.1, -0.05) is 17.7 Å². The van der Waals surface area contributed by atoms with E-state index in [1.165, 1.54) is 11.1 Å². The number of hydrogen-bond donors (Lipinski definition) is 1. The maximum absolute atomic E-state index is 12.4. The molecule has 0 unspecified atom stereocenters.